The van der Waals surface area contributed by atoms with Gasteiger partial charge in [0, 0.05) is 12.3 Å². The van der Waals surface area contributed by atoms with Crippen LogP contribution in [0.4, 0.5) is 11.5 Å². The molecule has 90 valence electrons. The van der Waals surface area contributed by atoms with Crippen molar-refractivity contribution in [3.63, 3.8) is 0 Å². The Hall–Kier alpha value is -2.18. The maximum Gasteiger partial charge on any atom is 0.326 e. The Morgan fingerprint density at radius 2 is 2.35 bits per heavy atom. The average Bonchev–Trinajstić information content (AvgIpc) is 3.09. The second-order valence-electron chi connectivity index (χ2n) is 3.93. The summed E-state index contributed by atoms with van der Waals surface area (Å²) in [6.45, 7) is 0. The monoisotopic (exact) mass is 237 g/mol. The van der Waals surface area contributed by atoms with E-state index in [0.717, 1.165) is 12.8 Å². The van der Waals surface area contributed by atoms with Gasteiger partial charge in [0.05, 0.1) is 4.92 Å². The van der Waals surface area contributed by atoms with Gasteiger partial charge in [-0.15, -0.1) is 0 Å². The van der Waals surface area contributed by atoms with Gasteiger partial charge in [0.1, 0.15) is 6.04 Å². The number of nitrogens with one attached hydrogen (secondary N) is 1. The number of carboxylic acids is 1. The van der Waals surface area contributed by atoms with E-state index in [0.29, 0.717) is 0 Å². The molecule has 0 aromatic carbocycles. The molecule has 1 heterocycles. The summed E-state index contributed by atoms with van der Waals surface area (Å²) < 4.78 is 0. The van der Waals surface area contributed by atoms with Gasteiger partial charge in [-0.25, -0.2) is 9.78 Å². The van der Waals surface area contributed by atoms with Crippen LogP contribution >= 0.6 is 0 Å². The lowest BCUT2D eigenvalue weighted by atomic mass is 10.2. The van der Waals surface area contributed by atoms with Crippen LogP contribution in [0.15, 0.2) is 18.3 Å². The third kappa shape index (κ3) is 2.49. The summed E-state index contributed by atoms with van der Waals surface area (Å²) in [5, 5.41) is 22.4. The van der Waals surface area contributed by atoms with Crippen molar-refractivity contribution in [2.75, 3.05) is 5.32 Å². The average molecular weight is 237 g/mol. The molecular formula is C10H11N3O4. The molecule has 2 N–H and O–H groups in total. The zero-order chi connectivity index (χ0) is 12.4. The Morgan fingerprint density at radius 1 is 1.65 bits per heavy atom. The minimum atomic E-state index is -1.01. The topological polar surface area (TPSA) is 105 Å². The minimum Gasteiger partial charge on any atom is -0.480 e. The largest absolute Gasteiger partial charge is 0.480 e. The van der Waals surface area contributed by atoms with E-state index in [1.54, 1.807) is 0 Å². The van der Waals surface area contributed by atoms with Crippen LogP contribution in [0.5, 0.6) is 0 Å². The summed E-state index contributed by atoms with van der Waals surface area (Å²) >= 11 is 0. The zero-order valence-corrected chi connectivity index (χ0v) is 8.87. The number of nitrogens with zero attached hydrogens (tertiary/aromatic N) is 2. The SMILES string of the molecule is O=C(O)C(Nc1ncccc1[N+](=O)[O-])C1CC1. The standard InChI is InChI=1S/C10H11N3O4/c14-10(15)8(6-3-4-6)12-9-7(13(16)17)2-1-5-11-9/h1-2,5-6,8H,3-4H2,(H,11,12)(H,14,15). The van der Waals surface area contributed by atoms with Crippen LogP contribution in [0.3, 0.4) is 0 Å². The van der Waals surface area contributed by atoms with Crippen molar-refractivity contribution in [3.8, 4) is 0 Å². The number of hydrogen-bond donors (Lipinski definition) is 2. The number of carboxylic acid groups (broad SMARTS) is 1. The summed E-state index contributed by atoms with van der Waals surface area (Å²) in [5.74, 6) is -0.960. The summed E-state index contributed by atoms with van der Waals surface area (Å²) in [6, 6.07) is 1.93. The lowest BCUT2D eigenvalue weighted by Gasteiger charge is -2.13. The van der Waals surface area contributed by atoms with Crippen molar-refractivity contribution in [1.29, 1.82) is 0 Å². The van der Waals surface area contributed by atoms with E-state index in [2.05, 4.69) is 10.3 Å². The van der Waals surface area contributed by atoms with Gasteiger partial charge in [0.25, 0.3) is 0 Å². The first kappa shape index (κ1) is 11.3. The number of rotatable bonds is 5. The molecular weight excluding hydrogens is 226 g/mol. The molecule has 0 bridgehead atoms. The molecule has 0 amide bonds. The highest BCUT2D eigenvalue weighted by Gasteiger charge is 2.37. The number of anilines is 1. The van der Waals surface area contributed by atoms with Crippen LogP contribution in [0.25, 0.3) is 0 Å². The smallest absolute Gasteiger partial charge is 0.326 e. The Kier molecular flexibility index (Phi) is 2.90. The van der Waals surface area contributed by atoms with Crippen LogP contribution < -0.4 is 5.32 Å². The number of carbonyl (C=O) groups is 1. The third-order valence-corrected chi connectivity index (χ3v) is 2.63. The van der Waals surface area contributed by atoms with E-state index in [1.165, 1.54) is 18.3 Å². The van der Waals surface area contributed by atoms with Crippen LogP contribution in [0.1, 0.15) is 12.8 Å². The lowest BCUT2D eigenvalue weighted by molar-refractivity contribution is -0.384. The van der Waals surface area contributed by atoms with Gasteiger partial charge >= 0.3 is 11.7 Å². The van der Waals surface area contributed by atoms with Crippen molar-refractivity contribution in [2.24, 2.45) is 5.92 Å². The summed E-state index contributed by atoms with van der Waals surface area (Å²) in [5.41, 5.74) is -0.209. The van der Waals surface area contributed by atoms with Gasteiger partial charge in [-0.2, -0.15) is 0 Å². The first-order chi connectivity index (χ1) is 8.09. The number of aromatic nitrogens is 1. The number of hydrogen-bond acceptors (Lipinski definition) is 5. The van der Waals surface area contributed by atoms with E-state index >= 15 is 0 Å². The molecule has 1 aliphatic rings. The molecule has 1 aliphatic carbocycles. The molecule has 7 nitrogen and oxygen atoms in total. The summed E-state index contributed by atoms with van der Waals surface area (Å²) in [7, 11) is 0. The van der Waals surface area contributed by atoms with E-state index in [1.807, 2.05) is 0 Å². The maximum atomic E-state index is 11.0. The zero-order valence-electron chi connectivity index (χ0n) is 8.87. The molecule has 0 spiro atoms. The van der Waals surface area contributed by atoms with Gasteiger partial charge in [-0.1, -0.05) is 0 Å². The quantitative estimate of drug-likeness (QED) is 0.590. The van der Waals surface area contributed by atoms with Crippen molar-refractivity contribution in [1.82, 2.24) is 4.98 Å². The van der Waals surface area contributed by atoms with E-state index in [-0.39, 0.29) is 17.4 Å². The second-order valence-corrected chi connectivity index (χ2v) is 3.93. The maximum absolute atomic E-state index is 11.0. The van der Waals surface area contributed by atoms with Crippen LogP contribution in [-0.2, 0) is 4.79 Å². The van der Waals surface area contributed by atoms with Crippen LogP contribution in [0.2, 0.25) is 0 Å². The molecule has 1 saturated carbocycles. The fraction of sp³-hybridized carbons (Fsp3) is 0.400. The molecule has 1 aromatic heterocycles. The molecule has 0 saturated heterocycles. The molecule has 1 unspecified atom stereocenters. The number of aliphatic carboxylic acids is 1. The summed E-state index contributed by atoms with van der Waals surface area (Å²) in [6.07, 6.45) is 3.04. The van der Waals surface area contributed by atoms with Gasteiger partial charge in [-0.05, 0) is 24.8 Å². The Bertz CT molecular complexity index is 459. The molecule has 1 aromatic rings. The van der Waals surface area contributed by atoms with Gasteiger partial charge in [0.2, 0.25) is 5.82 Å². The van der Waals surface area contributed by atoms with Gasteiger partial charge < -0.3 is 10.4 Å². The lowest BCUT2D eigenvalue weighted by Crippen LogP contribution is -2.31. The molecule has 0 aliphatic heterocycles. The minimum absolute atomic E-state index is 0.0109. The van der Waals surface area contributed by atoms with E-state index < -0.39 is 16.9 Å². The van der Waals surface area contributed by atoms with Crippen molar-refractivity contribution in [3.05, 3.63) is 28.4 Å². The Balaban J connectivity index is 2.22. The molecule has 2 rings (SSSR count). The van der Waals surface area contributed by atoms with Crippen molar-refractivity contribution in [2.45, 2.75) is 18.9 Å². The van der Waals surface area contributed by atoms with Crippen molar-refractivity contribution < 1.29 is 14.8 Å². The third-order valence-electron chi connectivity index (χ3n) is 2.63. The van der Waals surface area contributed by atoms with Gasteiger partial charge in [0.15, 0.2) is 0 Å². The first-order valence-electron chi connectivity index (χ1n) is 5.18. The van der Waals surface area contributed by atoms with E-state index in [9.17, 15) is 14.9 Å². The predicted molar refractivity (Wildman–Crippen MR) is 58.7 cm³/mol. The molecule has 1 fully saturated rings. The Labute approximate surface area is 96.6 Å². The number of nitro groups is 1. The molecule has 7 heteroatoms. The molecule has 17 heavy (non-hydrogen) atoms. The van der Waals surface area contributed by atoms with E-state index in [4.69, 9.17) is 5.11 Å². The van der Waals surface area contributed by atoms with Crippen LogP contribution in [-0.4, -0.2) is 27.0 Å². The van der Waals surface area contributed by atoms with Crippen molar-refractivity contribution >= 4 is 17.5 Å². The Morgan fingerprint density at radius 3 is 2.88 bits per heavy atom. The van der Waals surface area contributed by atoms with Gasteiger partial charge in [-0.3, -0.25) is 10.1 Å². The first-order valence-corrected chi connectivity index (χ1v) is 5.18. The fourth-order valence-corrected chi connectivity index (χ4v) is 1.61. The summed E-state index contributed by atoms with van der Waals surface area (Å²) in [4.78, 5) is 25.0. The van der Waals surface area contributed by atoms with Crippen LogP contribution in [0, 0.1) is 16.0 Å². The normalized spacial score (nSPS) is 16.2. The molecule has 0 radical (unpaired) electrons. The highest BCUT2D eigenvalue weighted by atomic mass is 16.6. The molecule has 1 atom stereocenters. The fourth-order valence-electron chi connectivity index (χ4n) is 1.61. The highest BCUT2D eigenvalue weighted by molar-refractivity contribution is 5.78. The predicted octanol–water partition coefficient (Wildman–Crippen LogP) is 1.26. The second kappa shape index (κ2) is 4.36. The highest BCUT2D eigenvalue weighted by Crippen LogP contribution is 2.35. The number of pyridine rings is 1.